The van der Waals surface area contributed by atoms with E-state index < -0.39 is 5.97 Å². The molecule has 0 aromatic carbocycles. The van der Waals surface area contributed by atoms with Gasteiger partial charge in [-0.2, -0.15) is 5.26 Å². The van der Waals surface area contributed by atoms with Crippen molar-refractivity contribution in [2.75, 3.05) is 20.3 Å². The molecule has 4 nitrogen and oxygen atoms in total. The van der Waals surface area contributed by atoms with E-state index >= 15 is 0 Å². The number of rotatable bonds is 1. The number of hydrogen-bond acceptors (Lipinski definition) is 4. The summed E-state index contributed by atoms with van der Waals surface area (Å²) in [6, 6.07) is 1.87. The van der Waals surface area contributed by atoms with E-state index in [0.29, 0.717) is 26.1 Å². The zero-order chi connectivity index (χ0) is 9.68. The molecule has 0 aromatic heterocycles. The van der Waals surface area contributed by atoms with Crippen molar-refractivity contribution in [3.05, 3.63) is 11.1 Å². The second-order valence-corrected chi connectivity index (χ2v) is 2.69. The van der Waals surface area contributed by atoms with E-state index in [1.807, 2.05) is 6.07 Å². The van der Waals surface area contributed by atoms with Crippen LogP contribution in [0, 0.1) is 11.3 Å². The molecule has 1 rings (SSSR count). The third-order valence-electron chi connectivity index (χ3n) is 1.95. The first-order valence-corrected chi connectivity index (χ1v) is 4.07. The highest BCUT2D eigenvalue weighted by Crippen LogP contribution is 2.18. The molecular weight excluding hydrogens is 170 g/mol. The quantitative estimate of drug-likeness (QED) is 0.341. The van der Waals surface area contributed by atoms with E-state index in [0.717, 1.165) is 5.57 Å². The molecule has 0 amide bonds. The van der Waals surface area contributed by atoms with E-state index in [-0.39, 0.29) is 5.57 Å². The van der Waals surface area contributed by atoms with E-state index in [9.17, 15) is 4.79 Å². The molecule has 0 unspecified atom stereocenters. The van der Waals surface area contributed by atoms with Crippen molar-refractivity contribution in [1.82, 2.24) is 0 Å². The van der Waals surface area contributed by atoms with Crippen LogP contribution in [-0.4, -0.2) is 26.3 Å². The average Bonchev–Trinajstić information content (AvgIpc) is 2.20. The predicted octanol–water partition coefficient (Wildman–Crippen LogP) is 0.790. The topological polar surface area (TPSA) is 59.3 Å². The molecular formula is C9H11NO3. The highest BCUT2D eigenvalue weighted by atomic mass is 16.5. The minimum atomic E-state index is -0.542. The molecule has 4 heteroatoms. The standard InChI is InChI=1S/C9H11NO3/c1-12-9(11)8(6-10)7-2-4-13-5-3-7/h2-5H2,1H3. The molecule has 0 spiro atoms. The van der Waals surface area contributed by atoms with Gasteiger partial charge < -0.3 is 9.47 Å². The molecule has 1 aliphatic rings. The summed E-state index contributed by atoms with van der Waals surface area (Å²) in [7, 11) is 1.28. The van der Waals surface area contributed by atoms with Gasteiger partial charge in [0.05, 0.1) is 20.3 Å². The number of hydrogen-bond donors (Lipinski definition) is 0. The number of methoxy groups -OCH3 is 1. The fourth-order valence-electron chi connectivity index (χ4n) is 1.24. The van der Waals surface area contributed by atoms with Crippen molar-refractivity contribution in [2.45, 2.75) is 12.8 Å². The zero-order valence-electron chi connectivity index (χ0n) is 7.50. The Hall–Kier alpha value is -1.34. The number of nitriles is 1. The maximum absolute atomic E-state index is 11.1. The minimum Gasteiger partial charge on any atom is -0.465 e. The zero-order valence-corrected chi connectivity index (χ0v) is 7.50. The summed E-state index contributed by atoms with van der Waals surface area (Å²) in [6.45, 7) is 1.16. The van der Waals surface area contributed by atoms with Gasteiger partial charge in [-0.15, -0.1) is 0 Å². The Morgan fingerprint density at radius 2 is 2.15 bits per heavy atom. The Balaban J connectivity index is 2.84. The predicted molar refractivity (Wildman–Crippen MR) is 44.7 cm³/mol. The van der Waals surface area contributed by atoms with Gasteiger partial charge in [0.15, 0.2) is 0 Å². The Kier molecular flexibility index (Phi) is 3.47. The van der Waals surface area contributed by atoms with E-state index in [2.05, 4.69) is 4.74 Å². The van der Waals surface area contributed by atoms with Crippen LogP contribution in [0.1, 0.15) is 12.8 Å². The van der Waals surface area contributed by atoms with Gasteiger partial charge in [0.1, 0.15) is 11.6 Å². The molecule has 1 fully saturated rings. The molecule has 0 aromatic rings. The summed E-state index contributed by atoms with van der Waals surface area (Å²) in [6.07, 6.45) is 1.30. The highest BCUT2D eigenvalue weighted by molar-refractivity contribution is 5.93. The number of carbonyl (C=O) groups is 1. The first-order valence-electron chi connectivity index (χ1n) is 4.07. The van der Waals surface area contributed by atoms with Gasteiger partial charge in [-0.1, -0.05) is 0 Å². The maximum atomic E-state index is 11.1. The molecule has 0 atom stereocenters. The first-order chi connectivity index (χ1) is 6.29. The number of esters is 1. The molecule has 0 bridgehead atoms. The third kappa shape index (κ3) is 2.30. The lowest BCUT2D eigenvalue weighted by atomic mass is 10.0. The Morgan fingerprint density at radius 1 is 1.54 bits per heavy atom. The van der Waals surface area contributed by atoms with Crippen molar-refractivity contribution >= 4 is 5.97 Å². The van der Waals surface area contributed by atoms with Crippen molar-refractivity contribution in [3.8, 4) is 6.07 Å². The molecule has 0 N–H and O–H groups in total. The van der Waals surface area contributed by atoms with E-state index in [1.54, 1.807) is 0 Å². The Bertz CT molecular complexity index is 267. The molecule has 1 aliphatic heterocycles. The van der Waals surface area contributed by atoms with Gasteiger partial charge in [-0.05, 0) is 18.4 Å². The van der Waals surface area contributed by atoms with Gasteiger partial charge >= 0.3 is 5.97 Å². The lowest BCUT2D eigenvalue weighted by Crippen LogP contribution is -2.13. The molecule has 0 radical (unpaired) electrons. The lowest BCUT2D eigenvalue weighted by Gasteiger charge is -2.15. The molecule has 1 saturated heterocycles. The van der Waals surface area contributed by atoms with Crippen molar-refractivity contribution in [2.24, 2.45) is 0 Å². The fraction of sp³-hybridized carbons (Fsp3) is 0.556. The van der Waals surface area contributed by atoms with Crippen LogP contribution in [-0.2, 0) is 14.3 Å². The summed E-state index contributed by atoms with van der Waals surface area (Å²) in [5.41, 5.74) is 0.992. The SMILES string of the molecule is COC(=O)C(C#N)=C1CCOCC1. The molecule has 13 heavy (non-hydrogen) atoms. The second kappa shape index (κ2) is 4.63. The van der Waals surface area contributed by atoms with Gasteiger partial charge in [0, 0.05) is 0 Å². The molecule has 70 valence electrons. The summed E-state index contributed by atoms with van der Waals surface area (Å²) in [4.78, 5) is 11.1. The highest BCUT2D eigenvalue weighted by Gasteiger charge is 2.17. The van der Waals surface area contributed by atoms with Crippen molar-refractivity contribution < 1.29 is 14.3 Å². The number of nitrogens with zero attached hydrogens (tertiary/aromatic N) is 1. The van der Waals surface area contributed by atoms with E-state index in [1.165, 1.54) is 7.11 Å². The van der Waals surface area contributed by atoms with Crippen LogP contribution < -0.4 is 0 Å². The van der Waals surface area contributed by atoms with Gasteiger partial charge in [-0.25, -0.2) is 4.79 Å². The van der Waals surface area contributed by atoms with Crippen LogP contribution in [0.2, 0.25) is 0 Å². The average molecular weight is 181 g/mol. The largest absolute Gasteiger partial charge is 0.465 e. The lowest BCUT2D eigenvalue weighted by molar-refractivity contribution is -0.135. The van der Waals surface area contributed by atoms with Crippen LogP contribution in [0.3, 0.4) is 0 Å². The summed E-state index contributed by atoms with van der Waals surface area (Å²) in [5, 5.41) is 8.73. The Morgan fingerprint density at radius 3 is 2.62 bits per heavy atom. The fourth-order valence-corrected chi connectivity index (χ4v) is 1.24. The van der Waals surface area contributed by atoms with Gasteiger partial charge in [-0.3, -0.25) is 0 Å². The molecule has 0 saturated carbocycles. The van der Waals surface area contributed by atoms with Crippen LogP contribution in [0.15, 0.2) is 11.1 Å². The summed E-state index contributed by atoms with van der Waals surface area (Å²) in [5.74, 6) is -0.542. The van der Waals surface area contributed by atoms with Crippen LogP contribution in [0.25, 0.3) is 0 Å². The van der Waals surface area contributed by atoms with Crippen molar-refractivity contribution in [1.29, 1.82) is 5.26 Å². The monoisotopic (exact) mass is 181 g/mol. The maximum Gasteiger partial charge on any atom is 0.348 e. The Labute approximate surface area is 76.7 Å². The number of carbonyl (C=O) groups excluding carboxylic acids is 1. The van der Waals surface area contributed by atoms with Gasteiger partial charge in [0.25, 0.3) is 0 Å². The van der Waals surface area contributed by atoms with Crippen LogP contribution in [0.4, 0.5) is 0 Å². The smallest absolute Gasteiger partial charge is 0.348 e. The molecule has 1 heterocycles. The van der Waals surface area contributed by atoms with Crippen molar-refractivity contribution in [3.63, 3.8) is 0 Å². The van der Waals surface area contributed by atoms with Crippen LogP contribution >= 0.6 is 0 Å². The summed E-state index contributed by atoms with van der Waals surface area (Å²) >= 11 is 0. The first kappa shape index (κ1) is 9.75. The van der Waals surface area contributed by atoms with Crippen LogP contribution in [0.5, 0.6) is 0 Å². The third-order valence-corrected chi connectivity index (χ3v) is 1.95. The summed E-state index contributed by atoms with van der Waals surface area (Å²) < 4.78 is 9.61. The van der Waals surface area contributed by atoms with E-state index in [4.69, 9.17) is 10.00 Å². The molecule has 0 aliphatic carbocycles. The number of ether oxygens (including phenoxy) is 2. The second-order valence-electron chi connectivity index (χ2n) is 2.69. The normalized spacial score (nSPS) is 16.2. The van der Waals surface area contributed by atoms with Gasteiger partial charge in [0.2, 0.25) is 0 Å². The minimum absolute atomic E-state index is 0.144.